The van der Waals surface area contributed by atoms with Crippen molar-refractivity contribution in [1.82, 2.24) is 0 Å². The molecule has 2 nitrogen and oxygen atoms in total. The van der Waals surface area contributed by atoms with Gasteiger partial charge in [0, 0.05) is 12.0 Å². The van der Waals surface area contributed by atoms with Crippen LogP contribution in [0.15, 0.2) is 59.9 Å². The number of hydrogen-bond donors (Lipinski definition) is 1. The van der Waals surface area contributed by atoms with Gasteiger partial charge in [-0.05, 0) is 74.6 Å². The van der Waals surface area contributed by atoms with Crippen molar-refractivity contribution in [2.75, 3.05) is 7.11 Å². The van der Waals surface area contributed by atoms with E-state index in [9.17, 15) is 18.3 Å². The van der Waals surface area contributed by atoms with Crippen LogP contribution in [0.2, 0.25) is 0 Å². The number of benzene rings is 2. The Morgan fingerprint density at radius 1 is 1.12 bits per heavy atom. The molecule has 0 fully saturated rings. The number of methoxy groups -OCH3 is 1. The fourth-order valence-electron chi connectivity index (χ4n) is 3.50. The van der Waals surface area contributed by atoms with E-state index in [0.717, 1.165) is 18.4 Å². The van der Waals surface area contributed by atoms with Crippen molar-refractivity contribution >= 4 is 6.08 Å². The van der Waals surface area contributed by atoms with Gasteiger partial charge in [0.15, 0.2) is 5.60 Å². The molecule has 1 atom stereocenters. The number of aliphatic hydroxyl groups is 1. The Labute approximate surface area is 188 Å². The minimum Gasteiger partial charge on any atom is -0.496 e. The predicted octanol–water partition coefficient (Wildman–Crippen LogP) is 7.22. The zero-order valence-electron chi connectivity index (χ0n) is 19.3. The third kappa shape index (κ3) is 6.15. The van der Waals surface area contributed by atoms with Gasteiger partial charge >= 0.3 is 6.18 Å². The quantitative estimate of drug-likeness (QED) is 0.344. The van der Waals surface area contributed by atoms with E-state index in [4.69, 9.17) is 4.74 Å². The maximum atomic E-state index is 14.2. The minimum atomic E-state index is -4.89. The van der Waals surface area contributed by atoms with Gasteiger partial charge in [-0.2, -0.15) is 13.2 Å². The first-order valence-electron chi connectivity index (χ1n) is 10.6. The number of hydrogen-bond acceptors (Lipinski definition) is 2. The third-order valence-electron chi connectivity index (χ3n) is 5.42. The first-order chi connectivity index (χ1) is 15.0. The van der Waals surface area contributed by atoms with Crippen LogP contribution >= 0.6 is 0 Å². The molecule has 1 unspecified atom stereocenters. The van der Waals surface area contributed by atoms with Gasteiger partial charge in [0.05, 0.1) is 7.11 Å². The van der Waals surface area contributed by atoms with E-state index in [-0.39, 0.29) is 11.3 Å². The molecule has 0 saturated heterocycles. The molecule has 5 heteroatoms. The third-order valence-corrected chi connectivity index (χ3v) is 5.42. The molecule has 0 aliphatic heterocycles. The summed E-state index contributed by atoms with van der Waals surface area (Å²) in [5.74, 6) is -0.0161. The molecule has 0 bridgehead atoms. The van der Waals surface area contributed by atoms with E-state index in [1.165, 1.54) is 24.8 Å². The zero-order chi connectivity index (χ0) is 23.9. The summed E-state index contributed by atoms with van der Waals surface area (Å²) in [6.45, 7) is 7.67. The normalized spacial score (nSPS) is 13.8. The van der Waals surface area contributed by atoms with Crippen LogP contribution in [0.3, 0.4) is 0 Å². The first-order valence-corrected chi connectivity index (χ1v) is 10.6. The van der Waals surface area contributed by atoms with Gasteiger partial charge in [0.1, 0.15) is 5.75 Å². The topological polar surface area (TPSA) is 29.5 Å². The molecule has 1 N–H and O–H groups in total. The summed E-state index contributed by atoms with van der Waals surface area (Å²) < 4.78 is 47.8. The summed E-state index contributed by atoms with van der Waals surface area (Å²) in [5.41, 5.74) is 3.52. The Balaban J connectivity index is 2.49. The monoisotopic (exact) mass is 444 g/mol. The second-order valence-electron chi connectivity index (χ2n) is 8.11. The smallest absolute Gasteiger partial charge is 0.421 e. The molecular weight excluding hydrogens is 413 g/mol. The van der Waals surface area contributed by atoms with Crippen molar-refractivity contribution in [2.45, 2.75) is 58.7 Å². The highest BCUT2D eigenvalue weighted by atomic mass is 19.4. The van der Waals surface area contributed by atoms with Gasteiger partial charge < -0.3 is 9.84 Å². The molecule has 0 heterocycles. The number of aryl methyl sites for hydroxylation is 2. The van der Waals surface area contributed by atoms with E-state index < -0.39 is 18.2 Å². The lowest BCUT2D eigenvalue weighted by Crippen LogP contribution is -2.44. The maximum Gasteiger partial charge on any atom is 0.421 e. The number of ether oxygens (including phenoxy) is 1. The summed E-state index contributed by atoms with van der Waals surface area (Å²) in [6, 6.07) is 9.53. The lowest BCUT2D eigenvalue weighted by atomic mass is 9.84. The first kappa shape index (κ1) is 25.5. The van der Waals surface area contributed by atoms with Crippen molar-refractivity contribution in [1.29, 1.82) is 0 Å². The van der Waals surface area contributed by atoms with Crippen LogP contribution in [0, 0.1) is 13.8 Å². The number of halogens is 3. The molecule has 0 spiro atoms. The van der Waals surface area contributed by atoms with Crippen LogP contribution in [-0.4, -0.2) is 18.4 Å². The fourth-order valence-corrected chi connectivity index (χ4v) is 3.50. The van der Waals surface area contributed by atoms with Crippen molar-refractivity contribution < 1.29 is 23.0 Å². The fraction of sp³-hybridized carbons (Fsp3) is 0.370. The highest BCUT2D eigenvalue weighted by Crippen LogP contribution is 2.45. The van der Waals surface area contributed by atoms with Gasteiger partial charge in [0.25, 0.3) is 0 Å². The SMILES string of the molecule is CC/C=C(\C)CC=C=Cc1cc(OC)c(C(O)(Cc2ccc(C)cc2)C(F)(F)F)cc1C. The molecule has 172 valence electrons. The maximum absolute atomic E-state index is 14.2. The predicted molar refractivity (Wildman–Crippen MR) is 124 cm³/mol. The van der Waals surface area contributed by atoms with Gasteiger partial charge in [-0.15, -0.1) is 5.73 Å². The minimum absolute atomic E-state index is 0.0161. The molecular formula is C27H31F3O2. The highest BCUT2D eigenvalue weighted by molar-refractivity contribution is 5.59. The lowest BCUT2D eigenvalue weighted by Gasteiger charge is -2.33. The number of alkyl halides is 3. The van der Waals surface area contributed by atoms with Gasteiger partial charge in [0.2, 0.25) is 0 Å². The largest absolute Gasteiger partial charge is 0.496 e. The highest BCUT2D eigenvalue weighted by Gasteiger charge is 2.56. The molecule has 0 amide bonds. The van der Waals surface area contributed by atoms with Gasteiger partial charge in [-0.25, -0.2) is 0 Å². The van der Waals surface area contributed by atoms with Crippen molar-refractivity contribution in [3.05, 3.63) is 87.7 Å². The summed E-state index contributed by atoms with van der Waals surface area (Å²) in [6.07, 6.45) is 1.95. The molecule has 2 rings (SSSR count). The Kier molecular flexibility index (Phi) is 8.54. The van der Waals surface area contributed by atoms with Crippen LogP contribution in [0.4, 0.5) is 13.2 Å². The standard InChI is InChI=1S/C27H31F3O2/c1-6-9-19(2)10-7-8-11-23-17-25(32-5)24(16-21(23)4)26(31,27(28,29)30)18-22-14-12-20(3)13-15-22/h7,9,11-17,31H,6,10,18H2,1-5H3/b19-9+. The molecule has 2 aromatic carbocycles. The van der Waals surface area contributed by atoms with E-state index in [1.807, 2.05) is 19.9 Å². The summed E-state index contributed by atoms with van der Waals surface area (Å²) in [5, 5.41) is 11.0. The number of allylic oxidation sites excluding steroid dienone is 3. The molecule has 0 saturated carbocycles. The number of rotatable bonds is 8. The van der Waals surface area contributed by atoms with Crippen molar-refractivity contribution in [3.8, 4) is 5.75 Å². The van der Waals surface area contributed by atoms with Crippen molar-refractivity contribution in [2.24, 2.45) is 0 Å². The van der Waals surface area contributed by atoms with E-state index in [1.54, 1.807) is 37.3 Å². The second kappa shape index (κ2) is 10.7. The van der Waals surface area contributed by atoms with Crippen LogP contribution in [0.5, 0.6) is 5.75 Å². The summed E-state index contributed by atoms with van der Waals surface area (Å²) >= 11 is 0. The molecule has 0 radical (unpaired) electrons. The summed E-state index contributed by atoms with van der Waals surface area (Å²) in [7, 11) is 1.30. The van der Waals surface area contributed by atoms with Crippen LogP contribution in [0.25, 0.3) is 6.08 Å². The lowest BCUT2D eigenvalue weighted by molar-refractivity contribution is -0.266. The van der Waals surface area contributed by atoms with Gasteiger partial charge in [-0.1, -0.05) is 48.4 Å². The van der Waals surface area contributed by atoms with E-state index >= 15 is 0 Å². The average molecular weight is 445 g/mol. The molecule has 32 heavy (non-hydrogen) atoms. The van der Waals surface area contributed by atoms with Crippen LogP contribution in [0.1, 0.15) is 54.5 Å². The Bertz CT molecular complexity index is 1010. The zero-order valence-corrected chi connectivity index (χ0v) is 19.3. The molecule has 2 aromatic rings. The van der Waals surface area contributed by atoms with Crippen LogP contribution in [-0.2, 0) is 12.0 Å². The Morgan fingerprint density at radius 2 is 1.78 bits per heavy atom. The van der Waals surface area contributed by atoms with Gasteiger partial charge in [-0.3, -0.25) is 0 Å². The van der Waals surface area contributed by atoms with E-state index in [2.05, 4.69) is 18.7 Å². The Hall–Kier alpha value is -2.75. The molecule has 0 aromatic heterocycles. The summed E-state index contributed by atoms with van der Waals surface area (Å²) in [4.78, 5) is 0. The Morgan fingerprint density at radius 3 is 2.34 bits per heavy atom. The average Bonchev–Trinajstić information content (AvgIpc) is 2.72. The molecule has 0 aliphatic carbocycles. The van der Waals surface area contributed by atoms with Crippen molar-refractivity contribution in [3.63, 3.8) is 0 Å². The second-order valence-corrected chi connectivity index (χ2v) is 8.11. The molecule has 0 aliphatic rings. The van der Waals surface area contributed by atoms with Crippen LogP contribution < -0.4 is 4.74 Å². The van der Waals surface area contributed by atoms with E-state index in [0.29, 0.717) is 16.7 Å².